The number of hydrogen-bond acceptors (Lipinski definition) is 6. The van der Waals surface area contributed by atoms with E-state index in [4.69, 9.17) is 0 Å². The largest absolute Gasteiger partial charge is 0.508 e. The van der Waals surface area contributed by atoms with Crippen molar-refractivity contribution in [3.8, 4) is 5.75 Å². The molecule has 0 atom stereocenters. The van der Waals surface area contributed by atoms with E-state index in [0.717, 1.165) is 15.6 Å². The molecule has 0 aliphatic carbocycles. The lowest BCUT2D eigenvalue weighted by molar-refractivity contribution is -0.121. The zero-order chi connectivity index (χ0) is 19.0. The second kappa shape index (κ2) is 7.17. The predicted molar refractivity (Wildman–Crippen MR) is 112 cm³/mol. The number of fused-ring (bicyclic) bond motifs is 1. The SMILES string of the molecule is C=CCN1C(=O)/C(=C2/Sc3ccccc3N2C)SC1=Nc1cccc(O)c1. The van der Waals surface area contributed by atoms with Crippen LogP contribution >= 0.6 is 23.5 Å². The third-order valence-electron chi connectivity index (χ3n) is 4.16. The van der Waals surface area contributed by atoms with Crippen molar-refractivity contribution in [1.29, 1.82) is 0 Å². The summed E-state index contributed by atoms with van der Waals surface area (Å²) in [5, 5.41) is 11.2. The Morgan fingerprint density at radius 3 is 2.74 bits per heavy atom. The molecule has 27 heavy (non-hydrogen) atoms. The monoisotopic (exact) mass is 395 g/mol. The molecule has 2 aliphatic rings. The van der Waals surface area contributed by atoms with Crippen LogP contribution < -0.4 is 4.90 Å². The molecule has 1 amide bonds. The van der Waals surface area contributed by atoms with Gasteiger partial charge >= 0.3 is 0 Å². The first kappa shape index (κ1) is 17.8. The number of aromatic hydroxyl groups is 1. The molecule has 1 N–H and O–H groups in total. The molecule has 0 bridgehead atoms. The number of carbonyl (C=O) groups excluding carboxylic acids is 1. The summed E-state index contributed by atoms with van der Waals surface area (Å²) in [4.78, 5) is 23.1. The molecule has 2 aromatic carbocycles. The van der Waals surface area contributed by atoms with Crippen LogP contribution in [0.25, 0.3) is 0 Å². The van der Waals surface area contributed by atoms with E-state index in [-0.39, 0.29) is 11.7 Å². The average molecular weight is 396 g/mol. The fraction of sp³-hybridized carbons (Fsp3) is 0.100. The Morgan fingerprint density at radius 1 is 1.19 bits per heavy atom. The number of phenolic OH excluding ortho intramolecular Hbond substituents is 1. The number of thioether (sulfide) groups is 2. The minimum Gasteiger partial charge on any atom is -0.508 e. The van der Waals surface area contributed by atoms with E-state index in [1.807, 2.05) is 30.1 Å². The van der Waals surface area contributed by atoms with Crippen molar-refractivity contribution >= 4 is 46.0 Å². The Morgan fingerprint density at radius 2 is 2.00 bits per heavy atom. The predicted octanol–water partition coefficient (Wildman–Crippen LogP) is 4.55. The van der Waals surface area contributed by atoms with Gasteiger partial charge in [0.2, 0.25) is 0 Å². The highest BCUT2D eigenvalue weighted by Crippen LogP contribution is 2.49. The van der Waals surface area contributed by atoms with E-state index < -0.39 is 0 Å². The van der Waals surface area contributed by atoms with Crippen molar-refractivity contribution in [3.63, 3.8) is 0 Å². The summed E-state index contributed by atoms with van der Waals surface area (Å²) in [6.07, 6.45) is 1.68. The molecule has 2 aromatic rings. The number of amidine groups is 1. The number of amides is 1. The van der Waals surface area contributed by atoms with Gasteiger partial charge in [-0.15, -0.1) is 6.58 Å². The molecule has 4 rings (SSSR count). The molecule has 0 saturated carbocycles. The van der Waals surface area contributed by atoms with Crippen LogP contribution in [0.2, 0.25) is 0 Å². The van der Waals surface area contributed by atoms with Crippen molar-refractivity contribution in [2.75, 3.05) is 18.5 Å². The van der Waals surface area contributed by atoms with Gasteiger partial charge in [-0.05, 0) is 36.0 Å². The van der Waals surface area contributed by atoms with Crippen molar-refractivity contribution in [2.24, 2.45) is 4.99 Å². The van der Waals surface area contributed by atoms with E-state index in [1.54, 1.807) is 47.0 Å². The first-order valence-electron chi connectivity index (χ1n) is 8.31. The second-order valence-corrected chi connectivity index (χ2v) is 7.99. The topological polar surface area (TPSA) is 56.1 Å². The molecule has 1 saturated heterocycles. The molecule has 7 heteroatoms. The smallest absolute Gasteiger partial charge is 0.269 e. The van der Waals surface area contributed by atoms with Crippen LogP contribution in [0.3, 0.4) is 0 Å². The Hall–Kier alpha value is -2.64. The first-order chi connectivity index (χ1) is 13.1. The number of phenols is 1. The quantitative estimate of drug-likeness (QED) is 0.610. The van der Waals surface area contributed by atoms with Gasteiger partial charge in [0.1, 0.15) is 10.7 Å². The zero-order valence-corrected chi connectivity index (χ0v) is 16.3. The number of anilines is 1. The van der Waals surface area contributed by atoms with Crippen molar-refractivity contribution in [3.05, 3.63) is 71.1 Å². The van der Waals surface area contributed by atoms with Crippen LogP contribution in [0.15, 0.2) is 81.0 Å². The lowest BCUT2D eigenvalue weighted by atomic mass is 10.3. The first-order valence-corrected chi connectivity index (χ1v) is 9.95. The maximum absolute atomic E-state index is 13.1. The lowest BCUT2D eigenvalue weighted by Gasteiger charge is -2.15. The van der Waals surface area contributed by atoms with Crippen molar-refractivity contribution in [1.82, 2.24) is 4.90 Å². The standard InChI is InChI=1S/C20H17N3O2S2/c1-3-11-23-18(25)17(19-22(2)15-9-4-5-10-16(15)26-19)27-20(23)21-13-7-6-8-14(24)12-13/h3-10,12,24H,1,11H2,2H3/b19-17-,21-20?. The zero-order valence-electron chi connectivity index (χ0n) is 14.6. The molecular weight excluding hydrogens is 378 g/mol. The summed E-state index contributed by atoms with van der Waals surface area (Å²) >= 11 is 2.95. The van der Waals surface area contributed by atoms with Crippen LogP contribution in [0, 0.1) is 0 Å². The van der Waals surface area contributed by atoms with E-state index in [0.29, 0.717) is 22.3 Å². The molecule has 0 aromatic heterocycles. The number of rotatable bonds is 3. The second-order valence-electron chi connectivity index (χ2n) is 5.98. The molecular formula is C20H17N3O2S2. The number of aliphatic imine (C=N–C) groups is 1. The molecule has 0 unspecified atom stereocenters. The summed E-state index contributed by atoms with van der Waals surface area (Å²) < 4.78 is 0. The minimum atomic E-state index is -0.0824. The Balaban J connectivity index is 1.74. The Bertz CT molecular complexity index is 1000. The number of hydrogen-bond donors (Lipinski definition) is 1. The van der Waals surface area contributed by atoms with Gasteiger partial charge in [-0.2, -0.15) is 0 Å². The fourth-order valence-electron chi connectivity index (χ4n) is 2.88. The van der Waals surface area contributed by atoms with Gasteiger partial charge in [-0.3, -0.25) is 9.69 Å². The Labute approximate surface area is 166 Å². The summed E-state index contributed by atoms with van der Waals surface area (Å²) in [7, 11) is 1.97. The van der Waals surface area contributed by atoms with Gasteiger partial charge in [0.25, 0.3) is 5.91 Å². The minimum absolute atomic E-state index is 0.0824. The summed E-state index contributed by atoms with van der Waals surface area (Å²) in [6, 6.07) is 14.8. The van der Waals surface area contributed by atoms with Crippen LogP contribution in [0.4, 0.5) is 11.4 Å². The molecule has 0 radical (unpaired) electrons. The van der Waals surface area contributed by atoms with Crippen LogP contribution in [0.1, 0.15) is 0 Å². The summed E-state index contributed by atoms with van der Waals surface area (Å²) in [5.41, 5.74) is 1.69. The number of para-hydroxylation sites is 1. The van der Waals surface area contributed by atoms with Gasteiger partial charge in [-0.1, -0.05) is 36.0 Å². The van der Waals surface area contributed by atoms with Crippen LogP contribution in [-0.4, -0.2) is 34.7 Å². The van der Waals surface area contributed by atoms with Gasteiger partial charge in [0, 0.05) is 24.6 Å². The highest BCUT2D eigenvalue weighted by atomic mass is 32.2. The Kier molecular flexibility index (Phi) is 4.72. The molecule has 2 aliphatic heterocycles. The van der Waals surface area contributed by atoms with Crippen LogP contribution in [0.5, 0.6) is 5.75 Å². The maximum Gasteiger partial charge on any atom is 0.269 e. The van der Waals surface area contributed by atoms with Crippen molar-refractivity contribution < 1.29 is 9.90 Å². The summed E-state index contributed by atoms with van der Waals surface area (Å²) in [5.74, 6) is 0.0579. The van der Waals surface area contributed by atoms with E-state index in [9.17, 15) is 9.90 Å². The van der Waals surface area contributed by atoms with Gasteiger partial charge < -0.3 is 10.0 Å². The third-order valence-corrected chi connectivity index (χ3v) is 6.59. The lowest BCUT2D eigenvalue weighted by Crippen LogP contribution is -2.29. The third kappa shape index (κ3) is 3.24. The molecule has 2 heterocycles. The number of nitrogens with zero attached hydrogens (tertiary/aromatic N) is 3. The average Bonchev–Trinajstić information content (AvgIpc) is 3.14. The molecule has 136 valence electrons. The van der Waals surface area contributed by atoms with E-state index in [1.165, 1.54) is 11.8 Å². The highest BCUT2D eigenvalue weighted by Gasteiger charge is 2.38. The van der Waals surface area contributed by atoms with Gasteiger partial charge in [0.15, 0.2) is 5.17 Å². The normalized spacial score (nSPS) is 20.5. The van der Waals surface area contributed by atoms with E-state index >= 15 is 0 Å². The molecule has 5 nitrogen and oxygen atoms in total. The van der Waals surface area contributed by atoms with Gasteiger partial charge in [0.05, 0.1) is 16.4 Å². The molecule has 1 fully saturated rings. The number of carbonyl (C=O) groups is 1. The number of benzene rings is 2. The van der Waals surface area contributed by atoms with Gasteiger partial charge in [-0.25, -0.2) is 4.99 Å². The van der Waals surface area contributed by atoms with Crippen molar-refractivity contribution in [2.45, 2.75) is 4.90 Å². The fourth-order valence-corrected chi connectivity index (χ4v) is 5.23. The maximum atomic E-state index is 13.1. The molecule has 0 spiro atoms. The summed E-state index contributed by atoms with van der Waals surface area (Å²) in [6.45, 7) is 4.13. The highest BCUT2D eigenvalue weighted by molar-refractivity contribution is 8.19. The van der Waals surface area contributed by atoms with E-state index in [2.05, 4.69) is 17.6 Å². The van der Waals surface area contributed by atoms with Crippen LogP contribution in [-0.2, 0) is 4.79 Å².